The van der Waals surface area contributed by atoms with Gasteiger partial charge in [0.2, 0.25) is 0 Å². The van der Waals surface area contributed by atoms with Gasteiger partial charge in [-0.25, -0.2) is 13.8 Å². The van der Waals surface area contributed by atoms with Crippen molar-refractivity contribution in [3.05, 3.63) is 52.0 Å². The molecule has 2 aromatic heterocycles. The Morgan fingerprint density at radius 3 is 2.62 bits per heavy atom. The van der Waals surface area contributed by atoms with Crippen LogP contribution in [0.15, 0.2) is 24.3 Å². The summed E-state index contributed by atoms with van der Waals surface area (Å²) >= 11 is 1.31. The summed E-state index contributed by atoms with van der Waals surface area (Å²) in [6, 6.07) is 6.38. The number of carbonyl (C=O) groups excluding carboxylic acids is 1. The van der Waals surface area contributed by atoms with Crippen LogP contribution in [0, 0.1) is 18.6 Å². The predicted molar refractivity (Wildman–Crippen MR) is 135 cm³/mol. The van der Waals surface area contributed by atoms with Crippen molar-refractivity contribution >= 4 is 38.8 Å². The van der Waals surface area contributed by atoms with Crippen molar-refractivity contribution in [3.63, 3.8) is 0 Å². The van der Waals surface area contributed by atoms with Crippen LogP contribution in [0.25, 0.3) is 10.2 Å². The molecule has 0 spiro atoms. The van der Waals surface area contributed by atoms with Gasteiger partial charge < -0.3 is 20.9 Å². The second-order valence-electron chi connectivity index (χ2n) is 9.21. The molecule has 1 aromatic carbocycles. The summed E-state index contributed by atoms with van der Waals surface area (Å²) in [5.41, 5.74) is 2.12. The largest absolute Gasteiger partial charge is 0.386 e. The van der Waals surface area contributed by atoms with E-state index >= 15 is 0 Å². The zero-order valence-electron chi connectivity index (χ0n) is 20.1. The lowest BCUT2D eigenvalue weighted by atomic mass is 10.0. The first-order valence-electron chi connectivity index (χ1n) is 11.5. The number of halogens is 2. The first-order valence-corrected chi connectivity index (χ1v) is 12.4. The van der Waals surface area contributed by atoms with Crippen LogP contribution < -0.4 is 20.9 Å². The number of benzene rings is 1. The highest BCUT2D eigenvalue weighted by atomic mass is 32.1. The van der Waals surface area contributed by atoms with Gasteiger partial charge in [0.25, 0.3) is 5.91 Å². The van der Waals surface area contributed by atoms with Crippen LogP contribution in [0.1, 0.15) is 41.7 Å². The molecule has 34 heavy (non-hydrogen) atoms. The van der Waals surface area contributed by atoms with Crippen LogP contribution >= 0.6 is 11.3 Å². The first-order chi connectivity index (χ1) is 16.2. The Morgan fingerprint density at radius 1 is 1.24 bits per heavy atom. The minimum Gasteiger partial charge on any atom is -0.386 e. The third kappa shape index (κ3) is 5.00. The molecule has 3 heterocycles. The number of nitrogens with zero attached hydrogens (tertiary/aromatic N) is 2. The smallest absolute Gasteiger partial charge is 0.263 e. The van der Waals surface area contributed by atoms with Crippen molar-refractivity contribution in [2.45, 2.75) is 52.2 Å². The average molecular weight is 488 g/mol. The summed E-state index contributed by atoms with van der Waals surface area (Å²) in [6.45, 7) is 8.99. The topological polar surface area (TPSA) is 69.3 Å². The van der Waals surface area contributed by atoms with Gasteiger partial charge in [-0.15, -0.1) is 11.3 Å². The lowest BCUT2D eigenvalue weighted by Gasteiger charge is -2.37. The van der Waals surface area contributed by atoms with Gasteiger partial charge in [-0.3, -0.25) is 4.79 Å². The Labute approximate surface area is 202 Å². The lowest BCUT2D eigenvalue weighted by molar-refractivity contribution is 0.0945. The Kier molecular flexibility index (Phi) is 7.04. The number of aryl methyl sites for hydroxylation is 1. The molecule has 6 nitrogen and oxygen atoms in total. The molecule has 3 aromatic rings. The molecule has 3 unspecified atom stereocenters. The van der Waals surface area contributed by atoms with Crippen LogP contribution in [0.4, 0.5) is 20.2 Å². The molecule has 0 aliphatic carbocycles. The van der Waals surface area contributed by atoms with Crippen molar-refractivity contribution < 1.29 is 13.6 Å². The summed E-state index contributed by atoms with van der Waals surface area (Å²) in [5, 5.41) is 10.3. The van der Waals surface area contributed by atoms with E-state index in [1.165, 1.54) is 23.5 Å². The van der Waals surface area contributed by atoms with Gasteiger partial charge in [0.05, 0.1) is 11.4 Å². The summed E-state index contributed by atoms with van der Waals surface area (Å²) in [7, 11) is 1.77. The number of carbonyl (C=O) groups is 1. The summed E-state index contributed by atoms with van der Waals surface area (Å²) in [4.78, 5) is 20.7. The van der Waals surface area contributed by atoms with Gasteiger partial charge in [-0.1, -0.05) is 0 Å². The molecule has 1 aliphatic heterocycles. The number of aromatic nitrogens is 1. The first kappa shape index (κ1) is 24.3. The quantitative estimate of drug-likeness (QED) is 0.479. The van der Waals surface area contributed by atoms with Crippen LogP contribution in [0.3, 0.4) is 0 Å². The lowest BCUT2D eigenvalue weighted by Crippen LogP contribution is -2.54. The molecule has 1 fully saturated rings. The van der Waals surface area contributed by atoms with Crippen LogP contribution in [0.2, 0.25) is 0 Å². The molecule has 0 bridgehead atoms. The third-order valence-electron chi connectivity index (χ3n) is 6.07. The normalized spacial score (nSPS) is 19.3. The number of pyridine rings is 1. The fourth-order valence-corrected chi connectivity index (χ4v) is 5.78. The van der Waals surface area contributed by atoms with Crippen molar-refractivity contribution in [1.29, 1.82) is 0 Å². The number of piperazine rings is 1. The van der Waals surface area contributed by atoms with E-state index in [-0.39, 0.29) is 35.7 Å². The highest BCUT2D eigenvalue weighted by Crippen LogP contribution is 2.34. The molecular weight excluding hydrogens is 456 g/mol. The second-order valence-corrected chi connectivity index (χ2v) is 10.2. The molecule has 182 valence electrons. The molecule has 1 aliphatic rings. The maximum atomic E-state index is 15.0. The second kappa shape index (κ2) is 9.84. The number of thiophene rings is 1. The number of hydrogen-bond acceptors (Lipinski definition) is 6. The van der Waals surface area contributed by atoms with Crippen LogP contribution in [0.5, 0.6) is 0 Å². The number of fused-ring (bicyclic) bond motifs is 1. The average Bonchev–Trinajstić information content (AvgIpc) is 3.13. The van der Waals surface area contributed by atoms with E-state index in [1.807, 2.05) is 37.8 Å². The third-order valence-corrected chi connectivity index (χ3v) is 7.17. The Balaban J connectivity index is 1.49. The maximum absolute atomic E-state index is 15.0. The van der Waals surface area contributed by atoms with Gasteiger partial charge in [0, 0.05) is 55.4 Å². The molecule has 1 saturated heterocycles. The van der Waals surface area contributed by atoms with Crippen LogP contribution in [-0.2, 0) is 6.42 Å². The van der Waals surface area contributed by atoms with E-state index < -0.39 is 17.7 Å². The summed E-state index contributed by atoms with van der Waals surface area (Å²) < 4.78 is 29.9. The standard InChI is InChI=1S/C25H31F2N5OS/c1-13-6-7-18-22(28-5)23(34-25(18)31-13)24(33)30-14(2)8-17-9-20(27)21(10-19(17)26)32-11-15(3)29-16(4)12-32/h6-7,9-10,14-16,28-29H,8,11-12H2,1-5H3,(H,30,33). The van der Waals surface area contributed by atoms with Gasteiger partial charge in [-0.2, -0.15) is 0 Å². The Bertz CT molecular complexity index is 1200. The van der Waals surface area contributed by atoms with Crippen molar-refractivity contribution in [2.24, 2.45) is 0 Å². The number of rotatable bonds is 6. The molecule has 3 N–H and O–H groups in total. The fraction of sp³-hybridized carbons (Fsp3) is 0.440. The number of anilines is 2. The molecule has 0 radical (unpaired) electrons. The SMILES string of the molecule is CNc1c(C(=O)NC(C)Cc2cc(F)c(N3CC(C)NC(C)C3)cc2F)sc2nc(C)ccc12. The van der Waals surface area contributed by atoms with Crippen molar-refractivity contribution in [2.75, 3.05) is 30.4 Å². The summed E-state index contributed by atoms with van der Waals surface area (Å²) in [5.74, 6) is -1.17. The molecule has 3 atom stereocenters. The molecule has 4 rings (SSSR count). The predicted octanol–water partition coefficient (Wildman–Crippen LogP) is 4.47. The van der Waals surface area contributed by atoms with E-state index in [1.54, 1.807) is 14.0 Å². The molecule has 0 saturated carbocycles. The molecular formula is C25H31F2N5OS. The fourth-order valence-electron chi connectivity index (χ4n) is 4.65. The van der Waals surface area contributed by atoms with E-state index in [0.29, 0.717) is 18.0 Å². The number of nitrogens with one attached hydrogen (secondary N) is 3. The van der Waals surface area contributed by atoms with Gasteiger partial charge in [-0.05, 0) is 57.9 Å². The van der Waals surface area contributed by atoms with Gasteiger partial charge >= 0.3 is 0 Å². The minimum atomic E-state index is -0.464. The minimum absolute atomic E-state index is 0.181. The summed E-state index contributed by atoms with van der Waals surface area (Å²) in [6.07, 6.45) is 0.181. The zero-order chi connectivity index (χ0) is 24.6. The van der Waals surface area contributed by atoms with E-state index in [9.17, 15) is 13.6 Å². The molecule has 9 heteroatoms. The van der Waals surface area contributed by atoms with Crippen LogP contribution in [-0.4, -0.2) is 49.2 Å². The monoisotopic (exact) mass is 487 g/mol. The van der Waals surface area contributed by atoms with Crippen molar-refractivity contribution in [1.82, 2.24) is 15.6 Å². The Morgan fingerprint density at radius 2 is 1.94 bits per heavy atom. The zero-order valence-corrected chi connectivity index (χ0v) is 20.9. The van der Waals surface area contributed by atoms with Gasteiger partial charge in [0.1, 0.15) is 21.3 Å². The molecule has 1 amide bonds. The highest BCUT2D eigenvalue weighted by Gasteiger charge is 2.25. The van der Waals surface area contributed by atoms with Gasteiger partial charge in [0.15, 0.2) is 0 Å². The van der Waals surface area contributed by atoms with E-state index in [4.69, 9.17) is 0 Å². The number of amides is 1. The highest BCUT2D eigenvalue weighted by molar-refractivity contribution is 7.21. The van der Waals surface area contributed by atoms with Crippen molar-refractivity contribution in [3.8, 4) is 0 Å². The number of hydrogen-bond donors (Lipinski definition) is 3. The Hall–Kier alpha value is -2.78. The maximum Gasteiger partial charge on any atom is 0.263 e. The van der Waals surface area contributed by atoms with E-state index in [2.05, 4.69) is 20.9 Å². The van der Waals surface area contributed by atoms with E-state index in [0.717, 1.165) is 21.6 Å².